The summed E-state index contributed by atoms with van der Waals surface area (Å²) in [6.45, 7) is -0.245. The monoisotopic (exact) mass is 273 g/mol. The van der Waals surface area contributed by atoms with E-state index in [-0.39, 0.29) is 24.1 Å². The SMILES string of the molecule is O=S(=O)(c1ccccc1F)N(CCO)C1CCC1. The van der Waals surface area contributed by atoms with E-state index in [1.165, 1.54) is 22.5 Å². The average Bonchev–Trinajstić information content (AvgIpc) is 2.26. The molecule has 4 nitrogen and oxygen atoms in total. The molecule has 0 aliphatic heterocycles. The second-order valence-electron chi connectivity index (χ2n) is 4.35. The third kappa shape index (κ3) is 2.41. The molecule has 0 radical (unpaired) electrons. The van der Waals surface area contributed by atoms with Gasteiger partial charge in [-0.1, -0.05) is 18.6 Å². The lowest BCUT2D eigenvalue weighted by molar-refractivity contribution is 0.178. The molecule has 6 heteroatoms. The summed E-state index contributed by atoms with van der Waals surface area (Å²) in [6, 6.07) is 5.22. The van der Waals surface area contributed by atoms with Gasteiger partial charge in [0.1, 0.15) is 10.7 Å². The van der Waals surface area contributed by atoms with Gasteiger partial charge in [0.2, 0.25) is 10.0 Å². The summed E-state index contributed by atoms with van der Waals surface area (Å²) in [5, 5.41) is 8.98. The molecule has 0 unspecified atom stereocenters. The van der Waals surface area contributed by atoms with Crippen molar-refractivity contribution in [2.75, 3.05) is 13.2 Å². The Morgan fingerprint density at radius 3 is 2.50 bits per heavy atom. The number of aliphatic hydroxyl groups is 1. The molecule has 0 aromatic heterocycles. The molecule has 1 aliphatic carbocycles. The minimum absolute atomic E-state index is 0.0152. The molecule has 18 heavy (non-hydrogen) atoms. The van der Waals surface area contributed by atoms with E-state index in [0.29, 0.717) is 0 Å². The Kier molecular flexibility index (Phi) is 3.99. The minimum atomic E-state index is -3.86. The highest BCUT2D eigenvalue weighted by atomic mass is 32.2. The molecule has 1 aliphatic rings. The van der Waals surface area contributed by atoms with Crippen LogP contribution in [0.5, 0.6) is 0 Å². The lowest BCUT2D eigenvalue weighted by atomic mass is 9.93. The van der Waals surface area contributed by atoms with E-state index in [2.05, 4.69) is 0 Å². The number of aliphatic hydroxyl groups excluding tert-OH is 1. The highest BCUT2D eigenvalue weighted by molar-refractivity contribution is 7.89. The lowest BCUT2D eigenvalue weighted by Gasteiger charge is -2.36. The Balaban J connectivity index is 2.36. The van der Waals surface area contributed by atoms with Gasteiger partial charge < -0.3 is 5.11 Å². The number of halogens is 1. The summed E-state index contributed by atoms with van der Waals surface area (Å²) >= 11 is 0. The molecule has 0 heterocycles. The van der Waals surface area contributed by atoms with Crippen molar-refractivity contribution in [3.05, 3.63) is 30.1 Å². The standard InChI is InChI=1S/C12H16FNO3S/c13-11-6-1-2-7-12(11)18(16,17)14(8-9-15)10-4-3-5-10/h1-2,6-7,10,15H,3-5,8-9H2. The first-order valence-corrected chi connectivity index (χ1v) is 7.38. The number of sulfonamides is 1. The normalized spacial score (nSPS) is 16.8. The van der Waals surface area contributed by atoms with Gasteiger partial charge >= 0.3 is 0 Å². The molecule has 1 saturated carbocycles. The Hall–Kier alpha value is -0.980. The van der Waals surface area contributed by atoms with Crippen LogP contribution in [-0.2, 0) is 10.0 Å². The minimum Gasteiger partial charge on any atom is -0.395 e. The topological polar surface area (TPSA) is 57.6 Å². The zero-order valence-electron chi connectivity index (χ0n) is 9.92. The van der Waals surface area contributed by atoms with E-state index in [4.69, 9.17) is 5.11 Å². The molecule has 1 aromatic carbocycles. The average molecular weight is 273 g/mol. The van der Waals surface area contributed by atoms with E-state index >= 15 is 0 Å². The van der Waals surface area contributed by atoms with Crippen LogP contribution in [0.4, 0.5) is 4.39 Å². The fourth-order valence-electron chi connectivity index (χ4n) is 2.05. The van der Waals surface area contributed by atoms with E-state index < -0.39 is 15.8 Å². The molecule has 100 valence electrons. The van der Waals surface area contributed by atoms with Gasteiger partial charge in [-0.15, -0.1) is 0 Å². The van der Waals surface area contributed by atoms with Crippen molar-refractivity contribution >= 4 is 10.0 Å². The fraction of sp³-hybridized carbons (Fsp3) is 0.500. The smallest absolute Gasteiger partial charge is 0.246 e. The molecule has 1 N–H and O–H groups in total. The summed E-state index contributed by atoms with van der Waals surface area (Å²) in [7, 11) is -3.86. The predicted molar refractivity (Wildman–Crippen MR) is 65.0 cm³/mol. The summed E-state index contributed by atoms with van der Waals surface area (Å²) in [6.07, 6.45) is 2.51. The molecule has 0 amide bonds. The van der Waals surface area contributed by atoms with Gasteiger partial charge in [-0.3, -0.25) is 0 Å². The van der Waals surface area contributed by atoms with Crippen LogP contribution in [0.3, 0.4) is 0 Å². The van der Waals surface area contributed by atoms with Crippen molar-refractivity contribution < 1.29 is 17.9 Å². The number of rotatable bonds is 5. The van der Waals surface area contributed by atoms with Crippen molar-refractivity contribution in [2.24, 2.45) is 0 Å². The van der Waals surface area contributed by atoms with Crippen molar-refractivity contribution in [1.29, 1.82) is 0 Å². The third-order valence-corrected chi connectivity index (χ3v) is 5.21. The first-order valence-electron chi connectivity index (χ1n) is 5.94. The quantitative estimate of drug-likeness (QED) is 0.881. The van der Waals surface area contributed by atoms with Gasteiger partial charge in [-0.05, 0) is 25.0 Å². The second-order valence-corrected chi connectivity index (χ2v) is 6.21. The maximum atomic E-state index is 13.6. The summed E-state index contributed by atoms with van der Waals surface area (Å²) in [5.41, 5.74) is 0. The second kappa shape index (κ2) is 5.34. The summed E-state index contributed by atoms with van der Waals surface area (Å²) < 4.78 is 39.5. The fourth-order valence-corrected chi connectivity index (χ4v) is 3.80. The number of hydrogen-bond acceptors (Lipinski definition) is 3. The Morgan fingerprint density at radius 1 is 1.33 bits per heavy atom. The van der Waals surface area contributed by atoms with Gasteiger partial charge in [-0.25, -0.2) is 12.8 Å². The molecule has 1 aromatic rings. The third-order valence-electron chi connectivity index (χ3n) is 3.23. The Bertz CT molecular complexity index is 514. The van der Waals surface area contributed by atoms with Gasteiger partial charge in [0, 0.05) is 12.6 Å². The molecular weight excluding hydrogens is 257 g/mol. The molecular formula is C12H16FNO3S. The van der Waals surface area contributed by atoms with Crippen molar-refractivity contribution in [3.8, 4) is 0 Å². The lowest BCUT2D eigenvalue weighted by Crippen LogP contribution is -2.45. The largest absolute Gasteiger partial charge is 0.395 e. The van der Waals surface area contributed by atoms with Crippen LogP contribution < -0.4 is 0 Å². The van der Waals surface area contributed by atoms with Gasteiger partial charge in [0.25, 0.3) is 0 Å². The molecule has 2 rings (SSSR count). The van der Waals surface area contributed by atoms with Crippen molar-refractivity contribution in [2.45, 2.75) is 30.2 Å². The van der Waals surface area contributed by atoms with Gasteiger partial charge in [0.05, 0.1) is 6.61 Å². The molecule has 0 saturated heterocycles. The van der Waals surface area contributed by atoms with Gasteiger partial charge in [0.15, 0.2) is 0 Å². The van der Waals surface area contributed by atoms with Crippen LogP contribution in [0.1, 0.15) is 19.3 Å². The van der Waals surface area contributed by atoms with E-state index in [1.807, 2.05) is 0 Å². The predicted octanol–water partition coefficient (Wildman–Crippen LogP) is 1.36. The highest BCUT2D eigenvalue weighted by Gasteiger charge is 2.35. The van der Waals surface area contributed by atoms with E-state index in [9.17, 15) is 12.8 Å². The zero-order chi connectivity index (χ0) is 13.2. The summed E-state index contributed by atoms with van der Waals surface area (Å²) in [4.78, 5) is -0.314. The van der Waals surface area contributed by atoms with Crippen molar-refractivity contribution in [3.63, 3.8) is 0 Å². The van der Waals surface area contributed by atoms with E-state index in [0.717, 1.165) is 25.3 Å². The molecule has 1 fully saturated rings. The Labute approximate surface area is 106 Å². The number of benzene rings is 1. The van der Waals surface area contributed by atoms with Crippen LogP contribution in [-0.4, -0.2) is 37.0 Å². The zero-order valence-corrected chi connectivity index (χ0v) is 10.7. The van der Waals surface area contributed by atoms with Crippen molar-refractivity contribution in [1.82, 2.24) is 4.31 Å². The van der Waals surface area contributed by atoms with E-state index in [1.54, 1.807) is 0 Å². The molecule has 0 spiro atoms. The maximum Gasteiger partial charge on any atom is 0.246 e. The molecule has 0 bridgehead atoms. The molecule has 0 atom stereocenters. The van der Waals surface area contributed by atoms with Crippen LogP contribution in [0.15, 0.2) is 29.2 Å². The maximum absolute atomic E-state index is 13.6. The first-order chi connectivity index (χ1) is 8.57. The number of hydrogen-bond donors (Lipinski definition) is 1. The van der Waals surface area contributed by atoms with Crippen LogP contribution >= 0.6 is 0 Å². The highest BCUT2D eigenvalue weighted by Crippen LogP contribution is 2.30. The summed E-state index contributed by atoms with van der Waals surface area (Å²) in [5.74, 6) is -0.750. The van der Waals surface area contributed by atoms with Gasteiger partial charge in [-0.2, -0.15) is 4.31 Å². The first kappa shape index (κ1) is 13.5. The Morgan fingerprint density at radius 2 is 2.00 bits per heavy atom. The van der Waals surface area contributed by atoms with Crippen LogP contribution in [0, 0.1) is 5.82 Å². The van der Waals surface area contributed by atoms with Crippen LogP contribution in [0.25, 0.3) is 0 Å². The van der Waals surface area contributed by atoms with Crippen LogP contribution in [0.2, 0.25) is 0 Å². The number of nitrogens with zero attached hydrogens (tertiary/aromatic N) is 1.